The summed E-state index contributed by atoms with van der Waals surface area (Å²) in [5, 5.41) is 3.28. The first kappa shape index (κ1) is 3.87. The first-order chi connectivity index (χ1) is 3.47. The number of hydrogen-bond acceptors (Lipinski definition) is 2. The summed E-state index contributed by atoms with van der Waals surface area (Å²) >= 11 is 0. The molecule has 2 atom stereocenters. The highest BCUT2D eigenvalue weighted by Crippen LogP contribution is 2.20. The van der Waals surface area contributed by atoms with E-state index in [4.69, 9.17) is 4.74 Å². The van der Waals surface area contributed by atoms with Crippen LogP contribution in [0.5, 0.6) is 0 Å². The molecule has 2 aliphatic heterocycles. The molecule has 0 radical (unpaired) electrons. The number of ether oxygens (including phenoxy) is 1. The zero-order chi connectivity index (χ0) is 4.69. The van der Waals surface area contributed by atoms with Gasteiger partial charge < -0.3 is 10.1 Å². The van der Waals surface area contributed by atoms with Crippen LogP contribution in [0.1, 0.15) is 6.42 Å². The lowest BCUT2D eigenvalue weighted by atomic mass is 10.1. The van der Waals surface area contributed by atoms with Gasteiger partial charge in [-0.1, -0.05) is 0 Å². The Balaban J connectivity index is 1.83. The van der Waals surface area contributed by atoms with E-state index in [0.29, 0.717) is 6.10 Å². The van der Waals surface area contributed by atoms with Crippen LogP contribution in [0.25, 0.3) is 0 Å². The van der Waals surface area contributed by atoms with Gasteiger partial charge in [0.1, 0.15) is 0 Å². The molecule has 0 bridgehead atoms. The molecule has 1 N–H and O–H groups in total. The second-order valence-corrected chi connectivity index (χ2v) is 2.22. The van der Waals surface area contributed by atoms with E-state index in [0.717, 1.165) is 12.6 Å². The summed E-state index contributed by atoms with van der Waals surface area (Å²) in [7, 11) is 0. The Morgan fingerprint density at radius 3 is 2.43 bits per heavy atom. The second kappa shape index (κ2) is 1.20. The van der Waals surface area contributed by atoms with Gasteiger partial charge in [0.05, 0.1) is 12.7 Å². The van der Waals surface area contributed by atoms with Crippen molar-refractivity contribution < 1.29 is 4.74 Å². The van der Waals surface area contributed by atoms with Gasteiger partial charge in [0.15, 0.2) is 0 Å². The summed E-state index contributed by atoms with van der Waals surface area (Å²) in [6, 6.07) is 0.722. The van der Waals surface area contributed by atoms with Gasteiger partial charge >= 0.3 is 0 Å². The lowest BCUT2D eigenvalue weighted by molar-refractivity contribution is 0.275. The minimum atomic E-state index is 0.591. The van der Waals surface area contributed by atoms with Gasteiger partial charge in [-0.15, -0.1) is 0 Å². The SMILES string of the molecule is C1CC(C2CO2)N1. The topological polar surface area (TPSA) is 24.6 Å². The molecule has 0 saturated carbocycles. The van der Waals surface area contributed by atoms with Gasteiger partial charge in [0.2, 0.25) is 0 Å². The van der Waals surface area contributed by atoms with E-state index in [9.17, 15) is 0 Å². The van der Waals surface area contributed by atoms with E-state index in [1.807, 2.05) is 0 Å². The van der Waals surface area contributed by atoms with Gasteiger partial charge in [0, 0.05) is 6.04 Å². The monoisotopic (exact) mass is 99.1 g/mol. The van der Waals surface area contributed by atoms with E-state index in [1.54, 1.807) is 0 Å². The van der Waals surface area contributed by atoms with Crippen molar-refractivity contribution in [3.8, 4) is 0 Å². The van der Waals surface area contributed by atoms with Crippen molar-refractivity contribution in [3.05, 3.63) is 0 Å². The van der Waals surface area contributed by atoms with Crippen molar-refractivity contribution in [2.75, 3.05) is 13.2 Å². The molecule has 0 aromatic heterocycles. The van der Waals surface area contributed by atoms with Crippen LogP contribution in [-0.2, 0) is 4.74 Å². The van der Waals surface area contributed by atoms with E-state index in [2.05, 4.69) is 5.32 Å². The van der Waals surface area contributed by atoms with Crippen LogP contribution in [-0.4, -0.2) is 25.3 Å². The lowest BCUT2D eigenvalue weighted by Crippen LogP contribution is -2.46. The second-order valence-electron chi connectivity index (χ2n) is 2.22. The molecule has 2 saturated heterocycles. The Morgan fingerprint density at radius 2 is 2.29 bits per heavy atom. The van der Waals surface area contributed by atoms with Gasteiger partial charge in [-0.25, -0.2) is 0 Å². The lowest BCUT2D eigenvalue weighted by Gasteiger charge is -2.25. The third-order valence-corrected chi connectivity index (χ3v) is 1.67. The highest BCUT2D eigenvalue weighted by molar-refractivity contribution is 4.91. The molecule has 2 heteroatoms. The summed E-state index contributed by atoms with van der Waals surface area (Å²) in [5.41, 5.74) is 0. The van der Waals surface area contributed by atoms with Crippen LogP contribution in [0.15, 0.2) is 0 Å². The third kappa shape index (κ3) is 0.545. The molecule has 0 aliphatic carbocycles. The predicted molar refractivity (Wildman–Crippen MR) is 26.1 cm³/mol. The maximum Gasteiger partial charge on any atom is 0.0962 e. The van der Waals surface area contributed by atoms with Gasteiger partial charge in [-0.2, -0.15) is 0 Å². The fourth-order valence-electron chi connectivity index (χ4n) is 0.916. The average molecular weight is 99.1 g/mol. The van der Waals surface area contributed by atoms with Crippen molar-refractivity contribution >= 4 is 0 Å². The molecule has 0 spiro atoms. The highest BCUT2D eigenvalue weighted by atomic mass is 16.6. The van der Waals surface area contributed by atoms with E-state index >= 15 is 0 Å². The van der Waals surface area contributed by atoms with Gasteiger partial charge in [0.25, 0.3) is 0 Å². The van der Waals surface area contributed by atoms with Crippen LogP contribution in [0.2, 0.25) is 0 Å². The van der Waals surface area contributed by atoms with Crippen molar-refractivity contribution in [1.29, 1.82) is 0 Å². The first-order valence-corrected chi connectivity index (χ1v) is 2.82. The molecule has 2 fully saturated rings. The van der Waals surface area contributed by atoms with Crippen LogP contribution in [0, 0.1) is 0 Å². The van der Waals surface area contributed by atoms with Gasteiger partial charge in [-0.05, 0) is 13.0 Å². The minimum Gasteiger partial charge on any atom is -0.371 e. The maximum absolute atomic E-state index is 5.05. The highest BCUT2D eigenvalue weighted by Gasteiger charge is 2.35. The molecule has 0 aromatic rings. The summed E-state index contributed by atoms with van der Waals surface area (Å²) in [4.78, 5) is 0. The normalized spacial score (nSPS) is 48.0. The Bertz CT molecular complexity index is 76.1. The molecule has 40 valence electrons. The smallest absolute Gasteiger partial charge is 0.0962 e. The van der Waals surface area contributed by atoms with Gasteiger partial charge in [-0.3, -0.25) is 0 Å². The number of hydrogen-bond donors (Lipinski definition) is 1. The summed E-state index contributed by atoms with van der Waals surface area (Å²) in [6.45, 7) is 2.20. The molecule has 0 amide bonds. The van der Waals surface area contributed by atoms with Crippen LogP contribution in [0.4, 0.5) is 0 Å². The number of nitrogens with one attached hydrogen (secondary N) is 1. The zero-order valence-electron chi connectivity index (χ0n) is 4.18. The van der Waals surface area contributed by atoms with Crippen molar-refractivity contribution in [3.63, 3.8) is 0 Å². The van der Waals surface area contributed by atoms with Crippen molar-refractivity contribution in [2.45, 2.75) is 18.6 Å². The molecule has 2 heterocycles. The fourth-order valence-corrected chi connectivity index (χ4v) is 0.916. The van der Waals surface area contributed by atoms with Crippen molar-refractivity contribution in [2.24, 2.45) is 0 Å². The summed E-state index contributed by atoms with van der Waals surface area (Å²) in [5.74, 6) is 0. The first-order valence-electron chi connectivity index (χ1n) is 2.82. The van der Waals surface area contributed by atoms with E-state index < -0.39 is 0 Å². The Labute approximate surface area is 42.9 Å². The van der Waals surface area contributed by atoms with Crippen LogP contribution < -0.4 is 5.32 Å². The predicted octanol–water partition coefficient (Wildman–Crippen LogP) is -0.253. The van der Waals surface area contributed by atoms with E-state index in [1.165, 1.54) is 13.0 Å². The summed E-state index contributed by atoms with van der Waals surface area (Å²) < 4.78 is 5.05. The maximum atomic E-state index is 5.05. The Morgan fingerprint density at radius 1 is 1.57 bits per heavy atom. The van der Waals surface area contributed by atoms with E-state index in [-0.39, 0.29) is 0 Å². The third-order valence-electron chi connectivity index (χ3n) is 1.67. The Hall–Kier alpha value is -0.0800. The Kier molecular flexibility index (Phi) is 0.664. The average Bonchev–Trinajstić information content (AvgIpc) is 2.10. The standard InChI is InChI=1S/C5H9NO/c1-2-6-4(1)5-3-7-5/h4-6H,1-3H2. The number of epoxide rings is 1. The molecule has 7 heavy (non-hydrogen) atoms. The molecule has 2 unspecified atom stereocenters. The van der Waals surface area contributed by atoms with Crippen molar-refractivity contribution in [1.82, 2.24) is 5.32 Å². The minimum absolute atomic E-state index is 0.591. The quantitative estimate of drug-likeness (QED) is 0.458. The zero-order valence-corrected chi connectivity index (χ0v) is 4.18. The molecular weight excluding hydrogens is 90.1 g/mol. The van der Waals surface area contributed by atoms with Crippen LogP contribution in [0.3, 0.4) is 0 Å². The van der Waals surface area contributed by atoms with Crippen LogP contribution >= 0.6 is 0 Å². The summed E-state index contributed by atoms with van der Waals surface area (Å²) in [6.07, 6.45) is 1.92. The largest absolute Gasteiger partial charge is 0.371 e. The number of rotatable bonds is 1. The fraction of sp³-hybridized carbons (Fsp3) is 1.00. The molecule has 0 aromatic carbocycles. The molecule has 2 rings (SSSR count). The molecular formula is C5H9NO. The molecule has 2 nitrogen and oxygen atoms in total. The molecule has 2 aliphatic rings.